The molecule has 0 unspecified atom stereocenters. The minimum atomic E-state index is 0.0989. The van der Waals surface area contributed by atoms with Crippen molar-refractivity contribution in [2.24, 2.45) is 0 Å². The third-order valence-corrected chi connectivity index (χ3v) is 3.87. The van der Waals surface area contributed by atoms with E-state index in [1.165, 1.54) is 0 Å². The van der Waals surface area contributed by atoms with Crippen molar-refractivity contribution >= 4 is 11.7 Å². The molecular weight excluding hydrogens is 266 g/mol. The minimum Gasteiger partial charge on any atom is -0.396 e. The summed E-state index contributed by atoms with van der Waals surface area (Å²) in [6.07, 6.45) is 2.64. The fourth-order valence-corrected chi connectivity index (χ4v) is 2.63. The molecule has 0 aliphatic carbocycles. The highest BCUT2D eigenvalue weighted by Gasteiger charge is 2.23. The van der Waals surface area contributed by atoms with Crippen LogP contribution < -0.4 is 5.32 Å². The molecule has 116 valence electrons. The Balaban J connectivity index is 1.81. The zero-order valence-corrected chi connectivity index (χ0v) is 12.9. The molecule has 2 rings (SSSR count). The number of aliphatic hydroxyl groups is 1. The summed E-state index contributed by atoms with van der Waals surface area (Å²) in [6.45, 7) is 1.79. The number of benzene rings is 1. The van der Waals surface area contributed by atoms with Gasteiger partial charge in [0.1, 0.15) is 0 Å². The zero-order chi connectivity index (χ0) is 15.2. The van der Waals surface area contributed by atoms with Crippen molar-refractivity contribution in [3.63, 3.8) is 0 Å². The summed E-state index contributed by atoms with van der Waals surface area (Å²) in [4.78, 5) is 15.4. The van der Waals surface area contributed by atoms with Gasteiger partial charge in [-0.15, -0.1) is 0 Å². The maximum absolute atomic E-state index is 11.9. The molecule has 1 saturated heterocycles. The van der Waals surface area contributed by atoms with Gasteiger partial charge in [0.25, 0.3) is 0 Å². The minimum absolute atomic E-state index is 0.0989. The van der Waals surface area contributed by atoms with Crippen molar-refractivity contribution < 1.29 is 9.90 Å². The van der Waals surface area contributed by atoms with Gasteiger partial charge >= 0.3 is 6.03 Å². The number of nitrogens with one attached hydrogen (secondary N) is 1. The number of nitrogens with zero attached hydrogens (tertiary/aromatic N) is 2. The van der Waals surface area contributed by atoms with Crippen molar-refractivity contribution in [3.8, 4) is 0 Å². The molecular formula is C16H25N3O2. The third-order valence-electron chi connectivity index (χ3n) is 3.87. The number of hydrogen-bond donors (Lipinski definition) is 2. The molecule has 5 heteroatoms. The van der Waals surface area contributed by atoms with Crippen LogP contribution in [0.4, 0.5) is 10.5 Å². The largest absolute Gasteiger partial charge is 0.396 e. The number of carbonyl (C=O) groups is 1. The number of aliphatic hydroxyl groups excluding tert-OH is 1. The summed E-state index contributed by atoms with van der Waals surface area (Å²) < 4.78 is 0. The first-order chi connectivity index (χ1) is 10.1. The molecule has 0 atom stereocenters. The quantitative estimate of drug-likeness (QED) is 0.889. The van der Waals surface area contributed by atoms with Crippen LogP contribution in [-0.4, -0.2) is 60.8 Å². The van der Waals surface area contributed by atoms with Crippen LogP contribution in [0.1, 0.15) is 18.4 Å². The molecule has 1 fully saturated rings. The van der Waals surface area contributed by atoms with Crippen LogP contribution in [-0.2, 0) is 6.42 Å². The van der Waals surface area contributed by atoms with E-state index in [1.54, 1.807) is 19.0 Å². The Labute approximate surface area is 126 Å². The first-order valence-corrected chi connectivity index (χ1v) is 7.52. The molecule has 0 aromatic heterocycles. The van der Waals surface area contributed by atoms with Gasteiger partial charge in [-0.3, -0.25) is 0 Å². The van der Waals surface area contributed by atoms with Crippen LogP contribution in [0, 0.1) is 0 Å². The van der Waals surface area contributed by atoms with Gasteiger partial charge in [0.2, 0.25) is 0 Å². The van der Waals surface area contributed by atoms with Crippen LogP contribution >= 0.6 is 0 Å². The smallest absolute Gasteiger partial charge is 0.319 e. The van der Waals surface area contributed by atoms with E-state index >= 15 is 0 Å². The number of piperidine rings is 1. The van der Waals surface area contributed by atoms with Gasteiger partial charge in [-0.2, -0.15) is 0 Å². The van der Waals surface area contributed by atoms with Gasteiger partial charge in [0.15, 0.2) is 0 Å². The van der Waals surface area contributed by atoms with E-state index in [9.17, 15) is 4.79 Å². The fraction of sp³-hybridized carbons (Fsp3) is 0.562. The van der Waals surface area contributed by atoms with Crippen molar-refractivity contribution in [1.82, 2.24) is 9.80 Å². The first-order valence-electron chi connectivity index (χ1n) is 7.52. The average Bonchev–Trinajstić information content (AvgIpc) is 2.49. The standard InChI is InChI=1S/C16H25N3O2/c1-18(2)16(21)19-10-7-15(8-11-19)17-14-5-3-13(4-6-14)9-12-20/h3-6,15,17,20H,7-12H2,1-2H3. The SMILES string of the molecule is CN(C)C(=O)N1CCC(Nc2ccc(CCO)cc2)CC1. The Morgan fingerprint density at radius 3 is 2.43 bits per heavy atom. The fourth-order valence-electron chi connectivity index (χ4n) is 2.63. The van der Waals surface area contributed by atoms with Gasteiger partial charge < -0.3 is 20.2 Å². The van der Waals surface area contributed by atoms with Gasteiger partial charge in [0.05, 0.1) is 0 Å². The summed E-state index contributed by atoms with van der Waals surface area (Å²) in [5.74, 6) is 0. The number of carbonyl (C=O) groups excluding carboxylic acids is 1. The summed E-state index contributed by atoms with van der Waals surface area (Å²) in [5, 5.41) is 12.4. The van der Waals surface area contributed by atoms with E-state index in [2.05, 4.69) is 17.4 Å². The Bertz CT molecular complexity index is 451. The maximum atomic E-state index is 11.9. The monoisotopic (exact) mass is 291 g/mol. The molecule has 1 aromatic rings. The lowest BCUT2D eigenvalue weighted by molar-refractivity contribution is 0.158. The number of hydrogen-bond acceptors (Lipinski definition) is 3. The molecule has 21 heavy (non-hydrogen) atoms. The number of amides is 2. The van der Waals surface area contributed by atoms with Gasteiger partial charge in [-0.25, -0.2) is 4.79 Å². The molecule has 2 N–H and O–H groups in total. The third kappa shape index (κ3) is 4.36. The topological polar surface area (TPSA) is 55.8 Å². The lowest BCUT2D eigenvalue weighted by atomic mass is 10.0. The van der Waals surface area contributed by atoms with Gasteiger partial charge in [-0.1, -0.05) is 12.1 Å². The Kier molecular flexibility index (Phi) is 5.44. The normalized spacial score (nSPS) is 15.9. The average molecular weight is 291 g/mol. The number of likely N-dealkylation sites (tertiary alicyclic amines) is 1. The van der Waals surface area contributed by atoms with E-state index < -0.39 is 0 Å². The summed E-state index contributed by atoms with van der Waals surface area (Å²) >= 11 is 0. The van der Waals surface area contributed by atoms with Crippen molar-refractivity contribution in [2.75, 3.05) is 39.1 Å². The van der Waals surface area contributed by atoms with E-state index in [0.717, 1.165) is 37.2 Å². The lowest BCUT2D eigenvalue weighted by Gasteiger charge is -2.34. The molecule has 1 heterocycles. The molecule has 0 radical (unpaired) electrons. The molecule has 1 aliphatic rings. The summed E-state index contributed by atoms with van der Waals surface area (Å²) in [7, 11) is 3.58. The van der Waals surface area contributed by atoms with Crippen LogP contribution in [0.15, 0.2) is 24.3 Å². The Morgan fingerprint density at radius 2 is 1.90 bits per heavy atom. The predicted molar refractivity (Wildman–Crippen MR) is 84.5 cm³/mol. The highest BCUT2D eigenvalue weighted by Crippen LogP contribution is 2.18. The highest BCUT2D eigenvalue weighted by atomic mass is 16.3. The second-order valence-electron chi connectivity index (χ2n) is 5.75. The van der Waals surface area contributed by atoms with E-state index in [1.807, 2.05) is 17.0 Å². The van der Waals surface area contributed by atoms with E-state index in [0.29, 0.717) is 12.5 Å². The second kappa shape index (κ2) is 7.31. The van der Waals surface area contributed by atoms with Crippen LogP contribution in [0.5, 0.6) is 0 Å². The molecule has 5 nitrogen and oxygen atoms in total. The van der Waals surface area contributed by atoms with Crippen LogP contribution in [0.2, 0.25) is 0 Å². The molecule has 0 bridgehead atoms. The molecule has 0 spiro atoms. The highest BCUT2D eigenvalue weighted by molar-refractivity contribution is 5.73. The maximum Gasteiger partial charge on any atom is 0.319 e. The van der Waals surface area contributed by atoms with E-state index in [4.69, 9.17) is 5.11 Å². The van der Waals surface area contributed by atoms with Crippen LogP contribution in [0.25, 0.3) is 0 Å². The van der Waals surface area contributed by atoms with Crippen molar-refractivity contribution in [3.05, 3.63) is 29.8 Å². The number of rotatable bonds is 4. The molecule has 0 saturated carbocycles. The Hall–Kier alpha value is -1.75. The van der Waals surface area contributed by atoms with Crippen molar-refractivity contribution in [1.29, 1.82) is 0 Å². The molecule has 1 aromatic carbocycles. The van der Waals surface area contributed by atoms with Crippen LogP contribution in [0.3, 0.4) is 0 Å². The lowest BCUT2D eigenvalue weighted by Crippen LogP contribution is -2.46. The first kappa shape index (κ1) is 15.6. The molecule has 1 aliphatic heterocycles. The summed E-state index contributed by atoms with van der Waals surface area (Å²) in [5.41, 5.74) is 2.25. The zero-order valence-electron chi connectivity index (χ0n) is 12.9. The van der Waals surface area contributed by atoms with Gasteiger partial charge in [0, 0.05) is 45.5 Å². The second-order valence-corrected chi connectivity index (χ2v) is 5.75. The number of anilines is 1. The van der Waals surface area contributed by atoms with Gasteiger partial charge in [-0.05, 0) is 37.0 Å². The van der Waals surface area contributed by atoms with E-state index in [-0.39, 0.29) is 12.6 Å². The van der Waals surface area contributed by atoms with Crippen molar-refractivity contribution in [2.45, 2.75) is 25.3 Å². The Morgan fingerprint density at radius 1 is 1.29 bits per heavy atom. The predicted octanol–water partition coefficient (Wildman–Crippen LogP) is 1.78. The molecule has 2 amide bonds. The number of urea groups is 1. The summed E-state index contributed by atoms with van der Waals surface area (Å²) in [6, 6.07) is 8.72.